The first-order valence-electron chi connectivity index (χ1n) is 12.7. The van der Waals surface area contributed by atoms with Gasteiger partial charge in [0.15, 0.2) is 11.6 Å². The number of nitrogens with zero attached hydrogens (tertiary/aromatic N) is 2. The first-order chi connectivity index (χ1) is 18.2. The molecular formula is C27H34FN3O7S. The third-order valence-corrected chi connectivity index (χ3v) is 7.34. The maximum atomic E-state index is 16.1. The van der Waals surface area contributed by atoms with Crippen molar-refractivity contribution < 1.29 is 36.6 Å². The second kappa shape index (κ2) is 10.9. The van der Waals surface area contributed by atoms with Crippen molar-refractivity contribution in [2.24, 2.45) is 5.92 Å². The van der Waals surface area contributed by atoms with Gasteiger partial charge in [0.05, 0.1) is 6.54 Å². The molecule has 1 saturated heterocycles. The molecule has 0 saturated carbocycles. The molecule has 0 aliphatic carbocycles. The zero-order chi connectivity index (χ0) is 28.5. The van der Waals surface area contributed by atoms with E-state index in [-0.39, 0.29) is 48.2 Å². The van der Waals surface area contributed by atoms with E-state index in [1.807, 2.05) is 48.9 Å². The van der Waals surface area contributed by atoms with Crippen molar-refractivity contribution in [3.05, 3.63) is 53.3 Å². The van der Waals surface area contributed by atoms with Crippen LogP contribution in [-0.2, 0) is 32.8 Å². The lowest BCUT2D eigenvalue weighted by Crippen LogP contribution is -2.43. The summed E-state index contributed by atoms with van der Waals surface area (Å²) in [5.41, 5.74) is -0.128. The predicted molar refractivity (Wildman–Crippen MR) is 142 cm³/mol. The quantitative estimate of drug-likeness (QED) is 0.520. The Kier molecular flexibility index (Phi) is 7.97. The highest BCUT2D eigenvalue weighted by molar-refractivity contribution is 7.92. The van der Waals surface area contributed by atoms with E-state index < -0.39 is 46.3 Å². The lowest BCUT2D eigenvalue weighted by Gasteiger charge is -2.30. The van der Waals surface area contributed by atoms with Crippen molar-refractivity contribution >= 4 is 27.9 Å². The van der Waals surface area contributed by atoms with Crippen LogP contribution in [0.4, 0.5) is 14.9 Å². The molecular weight excluding hydrogens is 529 g/mol. The second-order valence-electron chi connectivity index (χ2n) is 11.0. The fourth-order valence-corrected chi connectivity index (χ4v) is 5.60. The van der Waals surface area contributed by atoms with Gasteiger partial charge in [-0.25, -0.2) is 18.2 Å². The molecule has 2 aliphatic heterocycles. The van der Waals surface area contributed by atoms with Gasteiger partial charge in [0.25, 0.3) is 5.91 Å². The number of anilines is 1. The zero-order valence-corrected chi connectivity index (χ0v) is 23.5. The van der Waals surface area contributed by atoms with Crippen LogP contribution in [0.15, 0.2) is 36.4 Å². The molecule has 0 radical (unpaired) electrons. The van der Waals surface area contributed by atoms with Gasteiger partial charge in [0.1, 0.15) is 36.3 Å². The SMILES string of the molecule is CC(C)CN(CC1Cc2c(cc(OCc3ccccc3)c(N3CC(=O)NS3(=O)=O)c2F)O1)C(=O)OC(C)(C)C. The minimum Gasteiger partial charge on any atom is -0.488 e. The van der Waals surface area contributed by atoms with Gasteiger partial charge in [0.2, 0.25) is 0 Å². The Morgan fingerprint density at radius 2 is 1.95 bits per heavy atom. The van der Waals surface area contributed by atoms with E-state index in [2.05, 4.69) is 0 Å². The van der Waals surface area contributed by atoms with Crippen LogP contribution in [0.2, 0.25) is 0 Å². The van der Waals surface area contributed by atoms with E-state index in [1.165, 1.54) is 11.0 Å². The smallest absolute Gasteiger partial charge is 0.410 e. The Labute approximate surface area is 228 Å². The molecule has 2 aromatic carbocycles. The second-order valence-corrected chi connectivity index (χ2v) is 12.6. The van der Waals surface area contributed by atoms with Crippen LogP contribution >= 0.6 is 0 Å². The van der Waals surface area contributed by atoms with E-state index in [9.17, 15) is 18.0 Å². The number of benzene rings is 2. The van der Waals surface area contributed by atoms with Gasteiger partial charge in [0, 0.05) is 24.6 Å². The minimum atomic E-state index is -4.31. The Hall–Kier alpha value is -3.54. The summed E-state index contributed by atoms with van der Waals surface area (Å²) in [4.78, 5) is 26.3. The van der Waals surface area contributed by atoms with Gasteiger partial charge in [-0.1, -0.05) is 44.2 Å². The monoisotopic (exact) mass is 563 g/mol. The minimum absolute atomic E-state index is 0.0333. The molecule has 10 nitrogen and oxygen atoms in total. The number of ether oxygens (including phenoxy) is 3. The van der Waals surface area contributed by atoms with Crippen molar-refractivity contribution in [2.45, 2.75) is 59.4 Å². The molecule has 2 aromatic rings. The van der Waals surface area contributed by atoms with Crippen LogP contribution in [-0.4, -0.2) is 56.7 Å². The first-order valence-corrected chi connectivity index (χ1v) is 14.2. The van der Waals surface area contributed by atoms with Crippen LogP contribution in [0.5, 0.6) is 11.5 Å². The van der Waals surface area contributed by atoms with Crippen molar-refractivity contribution in [1.82, 2.24) is 9.62 Å². The first kappa shape index (κ1) is 28.5. The molecule has 4 rings (SSSR count). The number of nitrogens with one attached hydrogen (secondary N) is 1. The highest BCUT2D eigenvalue weighted by Crippen LogP contribution is 2.44. The standard InChI is InChI=1S/C27H34FN3O7S/c1-17(2)13-30(26(33)38-27(3,4)5)14-19-11-20-21(37-19)12-22(36-16-18-9-7-6-8-10-18)25(24(20)28)31-15-23(32)29-39(31,34)35/h6-10,12,17,19H,11,13-16H2,1-5H3,(H,29,32). The number of hydrogen-bond acceptors (Lipinski definition) is 7. The molecule has 2 heterocycles. The van der Waals surface area contributed by atoms with Gasteiger partial charge < -0.3 is 19.1 Å². The maximum Gasteiger partial charge on any atom is 0.410 e. The van der Waals surface area contributed by atoms with E-state index in [0.29, 0.717) is 10.8 Å². The Morgan fingerprint density at radius 1 is 1.26 bits per heavy atom. The molecule has 212 valence electrons. The van der Waals surface area contributed by atoms with Gasteiger partial charge in [-0.2, -0.15) is 8.42 Å². The van der Waals surface area contributed by atoms with Crippen LogP contribution < -0.4 is 18.5 Å². The predicted octanol–water partition coefficient (Wildman–Crippen LogP) is 3.78. The van der Waals surface area contributed by atoms with Crippen molar-refractivity contribution in [3.63, 3.8) is 0 Å². The van der Waals surface area contributed by atoms with Crippen molar-refractivity contribution in [2.75, 3.05) is 23.9 Å². The van der Waals surface area contributed by atoms with Crippen LogP contribution in [0.1, 0.15) is 45.7 Å². The van der Waals surface area contributed by atoms with E-state index in [0.717, 1.165) is 5.56 Å². The number of hydrogen-bond donors (Lipinski definition) is 1. The summed E-state index contributed by atoms with van der Waals surface area (Å²) in [6, 6.07) is 10.5. The third kappa shape index (κ3) is 6.73. The van der Waals surface area contributed by atoms with Gasteiger partial charge in [-0.05, 0) is 32.3 Å². The van der Waals surface area contributed by atoms with Crippen LogP contribution in [0.3, 0.4) is 0 Å². The lowest BCUT2D eigenvalue weighted by atomic mass is 10.1. The average Bonchev–Trinajstić information content (AvgIpc) is 3.35. The summed E-state index contributed by atoms with van der Waals surface area (Å²) in [5.74, 6) is -1.38. The molecule has 0 aromatic heterocycles. The van der Waals surface area contributed by atoms with Crippen LogP contribution in [0.25, 0.3) is 0 Å². The summed E-state index contributed by atoms with van der Waals surface area (Å²) < 4.78 is 61.4. The average molecular weight is 564 g/mol. The van der Waals surface area contributed by atoms with E-state index >= 15 is 4.39 Å². The fourth-order valence-electron chi connectivity index (χ4n) is 4.44. The van der Waals surface area contributed by atoms with Crippen LogP contribution in [0, 0.1) is 11.7 Å². The molecule has 0 bridgehead atoms. The highest BCUT2D eigenvalue weighted by Gasteiger charge is 2.41. The summed E-state index contributed by atoms with van der Waals surface area (Å²) >= 11 is 0. The highest BCUT2D eigenvalue weighted by atomic mass is 32.2. The molecule has 2 amide bonds. The largest absolute Gasteiger partial charge is 0.488 e. The fraction of sp³-hybridized carbons (Fsp3) is 0.481. The molecule has 2 aliphatic rings. The van der Waals surface area contributed by atoms with Gasteiger partial charge in [-0.15, -0.1) is 0 Å². The molecule has 1 N–H and O–H groups in total. The van der Waals surface area contributed by atoms with E-state index in [4.69, 9.17) is 14.2 Å². The van der Waals surface area contributed by atoms with E-state index in [1.54, 1.807) is 20.8 Å². The molecule has 12 heteroatoms. The molecule has 0 spiro atoms. The zero-order valence-electron chi connectivity index (χ0n) is 22.7. The number of fused-ring (bicyclic) bond motifs is 1. The number of carbonyl (C=O) groups is 2. The van der Waals surface area contributed by atoms with Gasteiger partial charge in [-0.3, -0.25) is 4.79 Å². The molecule has 39 heavy (non-hydrogen) atoms. The lowest BCUT2D eigenvalue weighted by molar-refractivity contribution is -0.117. The number of carbonyl (C=O) groups excluding carboxylic acids is 2. The third-order valence-electron chi connectivity index (χ3n) is 5.96. The number of halogens is 1. The summed E-state index contributed by atoms with van der Waals surface area (Å²) in [7, 11) is -4.31. The normalized spacial score (nSPS) is 18.0. The maximum absolute atomic E-state index is 16.1. The summed E-state index contributed by atoms with van der Waals surface area (Å²) in [6.45, 7) is 9.27. The molecule has 1 fully saturated rings. The van der Waals surface area contributed by atoms with Crippen molar-refractivity contribution in [3.8, 4) is 11.5 Å². The summed E-state index contributed by atoms with van der Waals surface area (Å²) in [5, 5.41) is 0. The number of amides is 2. The summed E-state index contributed by atoms with van der Waals surface area (Å²) in [6.07, 6.45) is -1.02. The Balaban J connectivity index is 1.64. The topological polar surface area (TPSA) is 114 Å². The Morgan fingerprint density at radius 3 is 2.54 bits per heavy atom. The molecule has 1 atom stereocenters. The Bertz CT molecular complexity index is 1340. The number of rotatable bonds is 8. The van der Waals surface area contributed by atoms with Crippen molar-refractivity contribution in [1.29, 1.82) is 0 Å². The molecule has 1 unspecified atom stereocenters. The van der Waals surface area contributed by atoms with Gasteiger partial charge >= 0.3 is 16.3 Å².